The molecule has 96 valence electrons. The molecule has 3 atom stereocenters. The van der Waals surface area contributed by atoms with Crippen LogP contribution >= 0.6 is 0 Å². The Morgan fingerprint density at radius 1 is 1.28 bits per heavy atom. The second kappa shape index (κ2) is 5.08. The molecule has 1 N–H and O–H groups in total. The molecule has 4 nitrogen and oxygen atoms in total. The smallest absolute Gasteiger partial charge is 0.246 e. The Hall–Kier alpha value is -1.39. The molecule has 0 aromatic heterocycles. The number of rotatable bonds is 3. The van der Waals surface area contributed by atoms with Crippen molar-refractivity contribution in [2.24, 2.45) is 0 Å². The Morgan fingerprint density at radius 3 is 2.94 bits per heavy atom. The number of hydrogen-bond acceptors (Lipinski definition) is 3. The van der Waals surface area contributed by atoms with Gasteiger partial charge in [-0.05, 0) is 18.4 Å². The molecular formula is C14H17NO3. The fourth-order valence-corrected chi connectivity index (χ4v) is 2.69. The summed E-state index contributed by atoms with van der Waals surface area (Å²) in [6.07, 6.45) is 2.00. The molecule has 4 heteroatoms. The van der Waals surface area contributed by atoms with E-state index in [9.17, 15) is 4.79 Å². The average Bonchev–Trinajstić information content (AvgIpc) is 2.80. The van der Waals surface area contributed by atoms with Crippen LogP contribution in [0.4, 0.5) is 0 Å². The number of morpholine rings is 1. The molecule has 1 aromatic rings. The largest absolute Gasteiger partial charge is 0.371 e. The van der Waals surface area contributed by atoms with E-state index in [2.05, 4.69) is 17.4 Å². The van der Waals surface area contributed by atoms with E-state index < -0.39 is 0 Å². The molecule has 0 bridgehead atoms. The molecular weight excluding hydrogens is 230 g/mol. The van der Waals surface area contributed by atoms with E-state index in [0.717, 1.165) is 12.8 Å². The first-order valence-corrected chi connectivity index (χ1v) is 6.39. The first kappa shape index (κ1) is 11.7. The molecule has 2 aliphatic rings. The number of ether oxygens (including phenoxy) is 2. The molecule has 1 saturated heterocycles. The van der Waals surface area contributed by atoms with Crippen LogP contribution in [0.2, 0.25) is 0 Å². The van der Waals surface area contributed by atoms with Crippen LogP contribution in [0.3, 0.4) is 0 Å². The second-order valence-corrected chi connectivity index (χ2v) is 4.86. The molecule has 18 heavy (non-hydrogen) atoms. The number of carbonyl (C=O) groups excluding carboxylic acids is 1. The van der Waals surface area contributed by atoms with Gasteiger partial charge in [0.25, 0.3) is 0 Å². The van der Waals surface area contributed by atoms with Gasteiger partial charge in [0.2, 0.25) is 5.91 Å². The summed E-state index contributed by atoms with van der Waals surface area (Å²) >= 11 is 0. The molecule has 2 fully saturated rings. The fraction of sp³-hybridized carbons (Fsp3) is 0.500. The standard InChI is InChI=1S/C14H17NO3/c16-13-9-18-14-11(15-13)6-7-12(14)17-8-10-4-2-1-3-5-10/h1-5,11-12,14H,6-9H2,(H,15,16)/t11-,12-,14-/m0/s1. The highest BCUT2D eigenvalue weighted by Gasteiger charge is 2.41. The topological polar surface area (TPSA) is 47.6 Å². The molecule has 1 amide bonds. The number of benzene rings is 1. The molecule has 0 radical (unpaired) electrons. The molecule has 1 heterocycles. The monoisotopic (exact) mass is 247 g/mol. The molecule has 1 saturated carbocycles. The Labute approximate surface area is 106 Å². The summed E-state index contributed by atoms with van der Waals surface area (Å²) in [6, 6.07) is 10.2. The van der Waals surface area contributed by atoms with Crippen molar-refractivity contribution in [3.05, 3.63) is 35.9 Å². The molecule has 0 spiro atoms. The first-order valence-electron chi connectivity index (χ1n) is 6.39. The van der Waals surface area contributed by atoms with Crippen molar-refractivity contribution in [2.45, 2.75) is 37.7 Å². The first-order chi connectivity index (χ1) is 8.83. The van der Waals surface area contributed by atoms with Crippen LogP contribution in [0, 0.1) is 0 Å². The molecule has 3 rings (SSSR count). The number of nitrogens with one attached hydrogen (secondary N) is 1. The SMILES string of the molecule is O=C1CO[C@H]2[C@H](CC[C@@H]2OCc2ccccc2)N1. The summed E-state index contributed by atoms with van der Waals surface area (Å²) in [5.74, 6) is -0.0139. The highest BCUT2D eigenvalue weighted by atomic mass is 16.5. The van der Waals surface area contributed by atoms with Crippen LogP contribution in [-0.4, -0.2) is 30.8 Å². The molecule has 1 aromatic carbocycles. The van der Waals surface area contributed by atoms with Crippen LogP contribution in [-0.2, 0) is 20.9 Å². The van der Waals surface area contributed by atoms with Crippen molar-refractivity contribution in [2.75, 3.05) is 6.61 Å². The summed E-state index contributed by atoms with van der Waals surface area (Å²) in [7, 11) is 0. The second-order valence-electron chi connectivity index (χ2n) is 4.86. The average molecular weight is 247 g/mol. The predicted octanol–water partition coefficient (Wildman–Crippen LogP) is 1.25. The lowest BCUT2D eigenvalue weighted by atomic mass is 10.1. The minimum atomic E-state index is -0.0139. The van der Waals surface area contributed by atoms with Gasteiger partial charge in [-0.2, -0.15) is 0 Å². The molecule has 1 aliphatic carbocycles. The van der Waals surface area contributed by atoms with Crippen molar-refractivity contribution in [1.82, 2.24) is 5.32 Å². The third-order valence-corrected chi connectivity index (χ3v) is 3.59. The Balaban J connectivity index is 1.56. The molecule has 1 aliphatic heterocycles. The minimum absolute atomic E-state index is 0.0139. The highest BCUT2D eigenvalue weighted by Crippen LogP contribution is 2.28. The van der Waals surface area contributed by atoms with Crippen molar-refractivity contribution >= 4 is 5.91 Å². The lowest BCUT2D eigenvalue weighted by Gasteiger charge is -2.30. The molecule has 0 unspecified atom stereocenters. The van der Waals surface area contributed by atoms with E-state index in [4.69, 9.17) is 9.47 Å². The maximum Gasteiger partial charge on any atom is 0.246 e. The summed E-state index contributed by atoms with van der Waals surface area (Å²) < 4.78 is 11.5. The minimum Gasteiger partial charge on any atom is -0.371 e. The third-order valence-electron chi connectivity index (χ3n) is 3.59. The number of carbonyl (C=O) groups is 1. The van der Waals surface area contributed by atoms with Gasteiger partial charge in [0, 0.05) is 0 Å². The summed E-state index contributed by atoms with van der Waals surface area (Å²) in [4.78, 5) is 11.2. The van der Waals surface area contributed by atoms with Gasteiger partial charge in [-0.25, -0.2) is 0 Å². The summed E-state index contributed by atoms with van der Waals surface area (Å²) in [6.45, 7) is 0.762. The van der Waals surface area contributed by atoms with E-state index in [1.807, 2.05) is 18.2 Å². The van der Waals surface area contributed by atoms with Gasteiger partial charge < -0.3 is 14.8 Å². The Kier molecular flexibility index (Phi) is 3.30. The van der Waals surface area contributed by atoms with Crippen molar-refractivity contribution in [3.63, 3.8) is 0 Å². The lowest BCUT2D eigenvalue weighted by Crippen LogP contribution is -2.52. The highest BCUT2D eigenvalue weighted by molar-refractivity contribution is 5.78. The summed E-state index contributed by atoms with van der Waals surface area (Å²) in [5.41, 5.74) is 1.17. The third kappa shape index (κ3) is 2.40. The number of fused-ring (bicyclic) bond motifs is 1. The van der Waals surface area contributed by atoms with E-state index in [1.54, 1.807) is 0 Å². The normalized spacial score (nSPS) is 30.9. The van der Waals surface area contributed by atoms with Crippen LogP contribution in [0.5, 0.6) is 0 Å². The zero-order valence-corrected chi connectivity index (χ0v) is 10.2. The van der Waals surface area contributed by atoms with E-state index in [1.165, 1.54) is 5.56 Å². The van der Waals surface area contributed by atoms with Gasteiger partial charge in [0.1, 0.15) is 12.7 Å². The van der Waals surface area contributed by atoms with Gasteiger partial charge in [0.05, 0.1) is 18.8 Å². The van der Waals surface area contributed by atoms with Gasteiger partial charge in [-0.1, -0.05) is 30.3 Å². The van der Waals surface area contributed by atoms with Gasteiger partial charge in [-0.3, -0.25) is 4.79 Å². The lowest BCUT2D eigenvalue weighted by molar-refractivity contribution is -0.142. The predicted molar refractivity (Wildman–Crippen MR) is 65.9 cm³/mol. The van der Waals surface area contributed by atoms with Crippen LogP contribution in [0.15, 0.2) is 30.3 Å². The van der Waals surface area contributed by atoms with Crippen molar-refractivity contribution in [3.8, 4) is 0 Å². The van der Waals surface area contributed by atoms with Crippen molar-refractivity contribution in [1.29, 1.82) is 0 Å². The van der Waals surface area contributed by atoms with Crippen molar-refractivity contribution < 1.29 is 14.3 Å². The quantitative estimate of drug-likeness (QED) is 0.874. The van der Waals surface area contributed by atoms with E-state index >= 15 is 0 Å². The summed E-state index contributed by atoms with van der Waals surface area (Å²) in [5, 5.41) is 2.96. The fourth-order valence-electron chi connectivity index (χ4n) is 2.69. The Bertz CT molecular complexity index is 420. The zero-order valence-electron chi connectivity index (χ0n) is 10.2. The maximum atomic E-state index is 11.2. The van der Waals surface area contributed by atoms with Gasteiger partial charge in [0.15, 0.2) is 0 Å². The van der Waals surface area contributed by atoms with E-state index in [-0.39, 0.29) is 30.8 Å². The van der Waals surface area contributed by atoms with Gasteiger partial charge >= 0.3 is 0 Å². The number of amides is 1. The van der Waals surface area contributed by atoms with Crippen LogP contribution < -0.4 is 5.32 Å². The van der Waals surface area contributed by atoms with E-state index in [0.29, 0.717) is 6.61 Å². The maximum absolute atomic E-state index is 11.2. The number of hydrogen-bond donors (Lipinski definition) is 1. The zero-order chi connectivity index (χ0) is 12.4. The van der Waals surface area contributed by atoms with Crippen LogP contribution in [0.25, 0.3) is 0 Å². The van der Waals surface area contributed by atoms with Gasteiger partial charge in [-0.15, -0.1) is 0 Å². The Morgan fingerprint density at radius 2 is 2.11 bits per heavy atom. The van der Waals surface area contributed by atoms with Crippen LogP contribution in [0.1, 0.15) is 18.4 Å².